The number of amides is 1. The number of nitrogens with zero attached hydrogens (tertiary/aromatic N) is 2. The lowest BCUT2D eigenvalue weighted by Gasteiger charge is -2.34. The minimum absolute atomic E-state index is 0.00132. The fourth-order valence-electron chi connectivity index (χ4n) is 3.76. The van der Waals surface area contributed by atoms with Gasteiger partial charge in [-0.3, -0.25) is 9.78 Å². The van der Waals surface area contributed by atoms with Crippen LogP contribution in [0.25, 0.3) is 0 Å². The normalized spacial score (nSPS) is 24.3. The standard InChI is InChI=1S/C18H24N2O5/c1-11-13(9-19-10-16(11)24-2)17(21)20-7-5-12(6-8-20)14-3-4-15(25-14)18(22)23/h9-10,12,14-15H,3-8H2,1-2H3,(H,22,23)/t14-,15+/m0/s1. The summed E-state index contributed by atoms with van der Waals surface area (Å²) in [5, 5.41) is 9.04. The molecule has 3 rings (SSSR count). The molecule has 3 heterocycles. The number of pyridine rings is 1. The van der Waals surface area contributed by atoms with Gasteiger partial charge in [0.25, 0.3) is 5.91 Å². The lowest BCUT2D eigenvalue weighted by molar-refractivity contribution is -0.150. The first kappa shape index (κ1) is 17.7. The Labute approximate surface area is 146 Å². The number of likely N-dealkylation sites (tertiary alicyclic amines) is 1. The number of aliphatic carboxylic acids is 1. The molecule has 7 nitrogen and oxygen atoms in total. The molecule has 2 aliphatic rings. The van der Waals surface area contributed by atoms with Crippen LogP contribution in [0.4, 0.5) is 0 Å². The summed E-state index contributed by atoms with van der Waals surface area (Å²) in [6.45, 7) is 3.16. The zero-order chi connectivity index (χ0) is 18.0. The molecule has 25 heavy (non-hydrogen) atoms. The van der Waals surface area contributed by atoms with Crippen LogP contribution in [-0.4, -0.2) is 59.3 Å². The van der Waals surface area contributed by atoms with E-state index in [0.717, 1.165) is 24.8 Å². The highest BCUT2D eigenvalue weighted by Crippen LogP contribution is 2.32. The number of rotatable bonds is 4. The molecule has 2 atom stereocenters. The quantitative estimate of drug-likeness (QED) is 0.894. The maximum Gasteiger partial charge on any atom is 0.332 e. The molecule has 1 aromatic rings. The Morgan fingerprint density at radius 2 is 1.96 bits per heavy atom. The number of carbonyl (C=O) groups excluding carboxylic acids is 1. The van der Waals surface area contributed by atoms with Gasteiger partial charge in [0.05, 0.1) is 25.0 Å². The van der Waals surface area contributed by atoms with Crippen LogP contribution < -0.4 is 4.74 Å². The van der Waals surface area contributed by atoms with Gasteiger partial charge in [-0.2, -0.15) is 0 Å². The van der Waals surface area contributed by atoms with Crippen LogP contribution in [0.2, 0.25) is 0 Å². The smallest absolute Gasteiger partial charge is 0.332 e. The molecule has 2 saturated heterocycles. The lowest BCUT2D eigenvalue weighted by Crippen LogP contribution is -2.41. The molecule has 0 unspecified atom stereocenters. The van der Waals surface area contributed by atoms with Crippen molar-refractivity contribution in [2.24, 2.45) is 5.92 Å². The Morgan fingerprint density at radius 3 is 2.56 bits per heavy atom. The van der Waals surface area contributed by atoms with E-state index in [2.05, 4.69) is 4.98 Å². The zero-order valence-electron chi connectivity index (χ0n) is 14.6. The van der Waals surface area contributed by atoms with Crippen LogP contribution in [0.15, 0.2) is 12.4 Å². The number of aromatic nitrogens is 1. The number of ether oxygens (including phenoxy) is 2. The second-order valence-electron chi connectivity index (χ2n) is 6.72. The maximum atomic E-state index is 12.8. The third-order valence-corrected chi connectivity index (χ3v) is 5.30. The predicted molar refractivity (Wildman–Crippen MR) is 89.7 cm³/mol. The second-order valence-corrected chi connectivity index (χ2v) is 6.72. The van der Waals surface area contributed by atoms with Crippen LogP contribution in [0.1, 0.15) is 41.6 Å². The van der Waals surface area contributed by atoms with Crippen LogP contribution >= 0.6 is 0 Å². The Balaban J connectivity index is 1.59. The van der Waals surface area contributed by atoms with Crippen LogP contribution in [0.3, 0.4) is 0 Å². The summed E-state index contributed by atoms with van der Waals surface area (Å²) in [5.41, 5.74) is 1.37. The summed E-state index contributed by atoms with van der Waals surface area (Å²) < 4.78 is 10.9. The first-order valence-corrected chi connectivity index (χ1v) is 8.67. The highest BCUT2D eigenvalue weighted by molar-refractivity contribution is 5.96. The van der Waals surface area contributed by atoms with E-state index >= 15 is 0 Å². The summed E-state index contributed by atoms with van der Waals surface area (Å²) in [7, 11) is 1.57. The van der Waals surface area contributed by atoms with Gasteiger partial charge in [0, 0.05) is 24.8 Å². The molecule has 2 aliphatic heterocycles. The van der Waals surface area contributed by atoms with Gasteiger partial charge in [-0.05, 0) is 38.5 Å². The Bertz CT molecular complexity index is 655. The van der Waals surface area contributed by atoms with E-state index in [1.165, 1.54) is 0 Å². The first-order valence-electron chi connectivity index (χ1n) is 8.67. The molecule has 1 aromatic heterocycles. The van der Waals surface area contributed by atoms with Crippen molar-refractivity contribution in [2.75, 3.05) is 20.2 Å². The van der Waals surface area contributed by atoms with E-state index in [-0.39, 0.29) is 12.0 Å². The summed E-state index contributed by atoms with van der Waals surface area (Å²) in [6.07, 6.45) is 5.55. The highest BCUT2D eigenvalue weighted by Gasteiger charge is 2.37. The van der Waals surface area contributed by atoms with Crippen molar-refractivity contribution >= 4 is 11.9 Å². The maximum absolute atomic E-state index is 12.8. The van der Waals surface area contributed by atoms with Crippen molar-refractivity contribution in [3.05, 3.63) is 23.5 Å². The number of hydrogen-bond donors (Lipinski definition) is 1. The minimum Gasteiger partial charge on any atom is -0.495 e. The molecular formula is C18H24N2O5. The van der Waals surface area contributed by atoms with E-state index < -0.39 is 12.1 Å². The lowest BCUT2D eigenvalue weighted by atomic mass is 9.89. The van der Waals surface area contributed by atoms with Gasteiger partial charge in [-0.1, -0.05) is 0 Å². The van der Waals surface area contributed by atoms with Gasteiger partial charge in [-0.15, -0.1) is 0 Å². The molecule has 1 N–H and O–H groups in total. The third-order valence-electron chi connectivity index (χ3n) is 5.30. The molecule has 7 heteroatoms. The molecule has 0 aliphatic carbocycles. The van der Waals surface area contributed by atoms with E-state index in [0.29, 0.717) is 36.7 Å². The van der Waals surface area contributed by atoms with Crippen molar-refractivity contribution in [2.45, 2.75) is 44.8 Å². The van der Waals surface area contributed by atoms with Crippen molar-refractivity contribution in [3.63, 3.8) is 0 Å². The van der Waals surface area contributed by atoms with Crippen molar-refractivity contribution in [3.8, 4) is 5.75 Å². The van der Waals surface area contributed by atoms with Crippen LogP contribution in [-0.2, 0) is 9.53 Å². The topological polar surface area (TPSA) is 89.0 Å². The molecule has 1 amide bonds. The number of methoxy groups -OCH3 is 1. The Morgan fingerprint density at radius 1 is 1.24 bits per heavy atom. The predicted octanol–water partition coefficient (Wildman–Crippen LogP) is 1.88. The fourth-order valence-corrected chi connectivity index (χ4v) is 3.76. The molecule has 0 bridgehead atoms. The van der Waals surface area contributed by atoms with Crippen molar-refractivity contribution in [1.82, 2.24) is 9.88 Å². The van der Waals surface area contributed by atoms with E-state index in [1.807, 2.05) is 11.8 Å². The zero-order valence-corrected chi connectivity index (χ0v) is 14.6. The molecular weight excluding hydrogens is 324 g/mol. The van der Waals surface area contributed by atoms with E-state index in [4.69, 9.17) is 14.6 Å². The molecule has 0 aromatic carbocycles. The van der Waals surface area contributed by atoms with Gasteiger partial charge < -0.3 is 19.5 Å². The van der Waals surface area contributed by atoms with Gasteiger partial charge >= 0.3 is 5.97 Å². The molecule has 136 valence electrons. The third kappa shape index (κ3) is 3.61. The molecule has 2 fully saturated rings. The Hall–Kier alpha value is -2.15. The van der Waals surface area contributed by atoms with Gasteiger partial charge in [0.1, 0.15) is 5.75 Å². The second kappa shape index (κ2) is 7.39. The van der Waals surface area contributed by atoms with E-state index in [1.54, 1.807) is 19.5 Å². The van der Waals surface area contributed by atoms with E-state index in [9.17, 15) is 9.59 Å². The average molecular weight is 348 g/mol. The van der Waals surface area contributed by atoms with Gasteiger partial charge in [0.15, 0.2) is 6.10 Å². The summed E-state index contributed by atoms with van der Waals surface area (Å²) >= 11 is 0. The summed E-state index contributed by atoms with van der Waals surface area (Å²) in [4.78, 5) is 29.7. The van der Waals surface area contributed by atoms with Crippen molar-refractivity contribution in [1.29, 1.82) is 0 Å². The average Bonchev–Trinajstić information content (AvgIpc) is 3.12. The SMILES string of the molecule is COc1cncc(C(=O)N2CCC([C@@H]3CC[C@H](C(=O)O)O3)CC2)c1C. The monoisotopic (exact) mass is 348 g/mol. The summed E-state index contributed by atoms with van der Waals surface area (Å²) in [5.74, 6) is 0.0203. The largest absolute Gasteiger partial charge is 0.495 e. The number of carboxylic acid groups (broad SMARTS) is 1. The molecule has 0 saturated carbocycles. The highest BCUT2D eigenvalue weighted by atomic mass is 16.5. The van der Waals surface area contributed by atoms with Gasteiger partial charge in [0.2, 0.25) is 0 Å². The first-order chi connectivity index (χ1) is 12.0. The number of carbonyl (C=O) groups is 2. The summed E-state index contributed by atoms with van der Waals surface area (Å²) in [6, 6.07) is 0. The molecule has 0 radical (unpaired) electrons. The minimum atomic E-state index is -0.879. The number of hydrogen-bond acceptors (Lipinski definition) is 5. The fraction of sp³-hybridized carbons (Fsp3) is 0.611. The van der Waals surface area contributed by atoms with Gasteiger partial charge in [-0.25, -0.2) is 4.79 Å². The van der Waals surface area contributed by atoms with Crippen LogP contribution in [0.5, 0.6) is 5.75 Å². The molecule has 0 spiro atoms. The number of carboxylic acids is 1. The number of piperidine rings is 1. The van der Waals surface area contributed by atoms with Crippen molar-refractivity contribution < 1.29 is 24.2 Å². The Kier molecular flexibility index (Phi) is 5.22. The van der Waals surface area contributed by atoms with Crippen LogP contribution in [0, 0.1) is 12.8 Å².